The Morgan fingerprint density at radius 2 is 2.20 bits per heavy atom. The average Bonchev–Trinajstić information content (AvgIpc) is 2.93. The maximum atomic E-state index is 11.8. The van der Waals surface area contributed by atoms with Gasteiger partial charge >= 0.3 is 0 Å². The highest BCUT2D eigenvalue weighted by Gasteiger charge is 2.21. The van der Waals surface area contributed by atoms with Crippen LogP contribution in [0.1, 0.15) is 28.8 Å². The van der Waals surface area contributed by atoms with E-state index < -0.39 is 5.91 Å². The first-order valence-corrected chi connectivity index (χ1v) is 6.56. The second kappa shape index (κ2) is 7.87. The van der Waals surface area contributed by atoms with Crippen molar-refractivity contribution in [3.63, 3.8) is 0 Å². The molecule has 20 heavy (non-hydrogen) atoms. The SMILES string of the molecule is Cl.NC(=O)c1cccc(CCNC(=O)C2CCCN2)c1. The van der Waals surface area contributed by atoms with Crippen molar-refractivity contribution in [2.75, 3.05) is 13.1 Å². The van der Waals surface area contributed by atoms with Crippen LogP contribution in [0, 0.1) is 0 Å². The van der Waals surface area contributed by atoms with Crippen molar-refractivity contribution in [3.8, 4) is 0 Å². The van der Waals surface area contributed by atoms with Gasteiger partial charge in [0.15, 0.2) is 0 Å². The van der Waals surface area contributed by atoms with E-state index in [1.54, 1.807) is 18.2 Å². The second-order valence-corrected chi connectivity index (χ2v) is 4.75. The summed E-state index contributed by atoms with van der Waals surface area (Å²) in [4.78, 5) is 22.8. The van der Waals surface area contributed by atoms with Crippen LogP contribution in [0.15, 0.2) is 24.3 Å². The predicted octanol–water partition coefficient (Wildman–Crippen LogP) is 0.618. The van der Waals surface area contributed by atoms with Crippen LogP contribution < -0.4 is 16.4 Å². The number of halogens is 1. The van der Waals surface area contributed by atoms with Crippen molar-refractivity contribution in [2.45, 2.75) is 25.3 Å². The third-order valence-corrected chi connectivity index (χ3v) is 3.30. The highest BCUT2D eigenvalue weighted by Crippen LogP contribution is 2.06. The van der Waals surface area contributed by atoms with E-state index in [1.807, 2.05) is 6.07 Å². The zero-order valence-electron chi connectivity index (χ0n) is 11.2. The van der Waals surface area contributed by atoms with Crippen LogP contribution in [-0.2, 0) is 11.2 Å². The van der Waals surface area contributed by atoms with Gasteiger partial charge in [0.25, 0.3) is 0 Å². The van der Waals surface area contributed by atoms with Crippen molar-refractivity contribution >= 4 is 24.2 Å². The molecule has 110 valence electrons. The van der Waals surface area contributed by atoms with Crippen LogP contribution in [0.25, 0.3) is 0 Å². The van der Waals surface area contributed by atoms with Crippen LogP contribution >= 0.6 is 12.4 Å². The fourth-order valence-corrected chi connectivity index (χ4v) is 2.24. The lowest BCUT2D eigenvalue weighted by molar-refractivity contribution is -0.122. The topological polar surface area (TPSA) is 84.2 Å². The molecule has 1 saturated heterocycles. The van der Waals surface area contributed by atoms with Gasteiger partial charge in [-0.15, -0.1) is 12.4 Å². The Kier molecular flexibility index (Phi) is 6.48. The lowest BCUT2D eigenvalue weighted by Gasteiger charge is -2.11. The van der Waals surface area contributed by atoms with Crippen molar-refractivity contribution in [1.29, 1.82) is 0 Å². The van der Waals surface area contributed by atoms with Crippen molar-refractivity contribution in [1.82, 2.24) is 10.6 Å². The molecule has 0 spiro atoms. The smallest absolute Gasteiger partial charge is 0.248 e. The normalized spacial score (nSPS) is 17.3. The Morgan fingerprint density at radius 1 is 1.40 bits per heavy atom. The second-order valence-electron chi connectivity index (χ2n) is 4.75. The van der Waals surface area contributed by atoms with Gasteiger partial charge in [-0.25, -0.2) is 0 Å². The number of nitrogens with two attached hydrogens (primary N) is 1. The summed E-state index contributed by atoms with van der Waals surface area (Å²) >= 11 is 0. The molecule has 0 radical (unpaired) electrons. The Morgan fingerprint density at radius 3 is 2.85 bits per heavy atom. The minimum absolute atomic E-state index is 0. The van der Waals surface area contributed by atoms with E-state index in [4.69, 9.17) is 5.73 Å². The number of nitrogens with one attached hydrogen (secondary N) is 2. The van der Waals surface area contributed by atoms with Crippen LogP contribution in [0.3, 0.4) is 0 Å². The number of hydrogen-bond acceptors (Lipinski definition) is 3. The molecule has 4 N–H and O–H groups in total. The van der Waals surface area contributed by atoms with E-state index >= 15 is 0 Å². The third-order valence-electron chi connectivity index (χ3n) is 3.30. The van der Waals surface area contributed by atoms with Gasteiger partial charge in [-0.2, -0.15) is 0 Å². The Balaban J connectivity index is 0.00000200. The molecule has 1 aliphatic rings. The molecule has 1 aromatic rings. The number of hydrogen-bond donors (Lipinski definition) is 3. The number of carbonyl (C=O) groups excluding carboxylic acids is 2. The highest BCUT2D eigenvalue weighted by atomic mass is 35.5. The van der Waals surface area contributed by atoms with Gasteiger partial charge in [-0.1, -0.05) is 12.1 Å². The van der Waals surface area contributed by atoms with Gasteiger partial charge in [0.05, 0.1) is 6.04 Å². The molecule has 1 unspecified atom stereocenters. The number of amides is 2. The number of carbonyl (C=O) groups is 2. The molecule has 1 fully saturated rings. The minimum Gasteiger partial charge on any atom is -0.366 e. The molecule has 2 amide bonds. The van der Waals surface area contributed by atoms with Gasteiger partial charge in [0, 0.05) is 12.1 Å². The summed E-state index contributed by atoms with van der Waals surface area (Å²) in [6, 6.07) is 7.13. The van der Waals surface area contributed by atoms with Gasteiger partial charge < -0.3 is 16.4 Å². The molecule has 1 heterocycles. The lowest BCUT2D eigenvalue weighted by atomic mass is 10.1. The molecule has 1 aromatic carbocycles. The molecule has 0 aromatic heterocycles. The van der Waals surface area contributed by atoms with Crippen LogP contribution in [0.2, 0.25) is 0 Å². The molecule has 1 aliphatic heterocycles. The standard InChI is InChI=1S/C14H19N3O2.ClH/c15-13(18)11-4-1-3-10(9-11)6-8-17-14(19)12-5-2-7-16-12;/h1,3-4,9,12,16H,2,5-8H2,(H2,15,18)(H,17,19);1H. The Bertz CT molecular complexity index is 473. The summed E-state index contributed by atoms with van der Waals surface area (Å²) in [5, 5.41) is 6.06. The minimum atomic E-state index is -0.430. The van der Waals surface area contributed by atoms with Gasteiger partial charge in [0.2, 0.25) is 11.8 Å². The van der Waals surface area contributed by atoms with Crippen LogP contribution in [0.5, 0.6) is 0 Å². The van der Waals surface area contributed by atoms with E-state index in [2.05, 4.69) is 10.6 Å². The molecule has 5 nitrogen and oxygen atoms in total. The number of benzene rings is 1. The molecule has 0 aliphatic carbocycles. The quantitative estimate of drug-likeness (QED) is 0.745. The van der Waals surface area contributed by atoms with E-state index in [0.29, 0.717) is 18.5 Å². The first-order chi connectivity index (χ1) is 9.16. The van der Waals surface area contributed by atoms with E-state index in [1.165, 1.54) is 0 Å². The monoisotopic (exact) mass is 297 g/mol. The summed E-state index contributed by atoms with van der Waals surface area (Å²) < 4.78 is 0. The van der Waals surface area contributed by atoms with Gasteiger partial charge in [-0.3, -0.25) is 9.59 Å². The van der Waals surface area contributed by atoms with E-state index in [0.717, 1.165) is 24.9 Å². The van der Waals surface area contributed by atoms with Crippen molar-refractivity contribution in [2.24, 2.45) is 5.73 Å². The summed E-state index contributed by atoms with van der Waals surface area (Å²) in [5.74, 6) is -0.371. The molecule has 0 saturated carbocycles. The fraction of sp³-hybridized carbons (Fsp3) is 0.429. The molecule has 1 atom stereocenters. The zero-order chi connectivity index (χ0) is 13.7. The first kappa shape index (κ1) is 16.5. The summed E-state index contributed by atoms with van der Waals surface area (Å²) in [6.45, 7) is 1.48. The fourth-order valence-electron chi connectivity index (χ4n) is 2.24. The van der Waals surface area contributed by atoms with Crippen molar-refractivity contribution < 1.29 is 9.59 Å². The number of primary amides is 1. The lowest BCUT2D eigenvalue weighted by Crippen LogP contribution is -2.41. The average molecular weight is 298 g/mol. The van der Waals surface area contributed by atoms with Crippen LogP contribution in [0.4, 0.5) is 0 Å². The third kappa shape index (κ3) is 4.51. The van der Waals surface area contributed by atoms with Crippen molar-refractivity contribution in [3.05, 3.63) is 35.4 Å². The first-order valence-electron chi connectivity index (χ1n) is 6.56. The summed E-state index contributed by atoms with van der Waals surface area (Å²) in [5.41, 5.74) is 6.72. The zero-order valence-corrected chi connectivity index (χ0v) is 12.0. The van der Waals surface area contributed by atoms with Crippen LogP contribution in [-0.4, -0.2) is 30.9 Å². The predicted molar refractivity (Wildman–Crippen MR) is 79.9 cm³/mol. The largest absolute Gasteiger partial charge is 0.366 e. The van der Waals surface area contributed by atoms with Gasteiger partial charge in [-0.05, 0) is 43.5 Å². The highest BCUT2D eigenvalue weighted by molar-refractivity contribution is 5.92. The molecular formula is C14H20ClN3O2. The number of rotatable bonds is 5. The van der Waals surface area contributed by atoms with E-state index in [-0.39, 0.29) is 24.4 Å². The summed E-state index contributed by atoms with van der Waals surface area (Å²) in [6.07, 6.45) is 2.65. The van der Waals surface area contributed by atoms with Gasteiger partial charge in [0.1, 0.15) is 0 Å². The molecule has 0 bridgehead atoms. The summed E-state index contributed by atoms with van der Waals surface area (Å²) in [7, 11) is 0. The maximum Gasteiger partial charge on any atom is 0.248 e. The molecule has 6 heteroatoms. The maximum absolute atomic E-state index is 11.8. The molecular weight excluding hydrogens is 278 g/mol. The van der Waals surface area contributed by atoms with E-state index in [9.17, 15) is 9.59 Å². The Labute approximate surface area is 124 Å². The Hall–Kier alpha value is -1.59. The molecule has 2 rings (SSSR count).